The van der Waals surface area contributed by atoms with E-state index in [2.05, 4.69) is 16.0 Å². The van der Waals surface area contributed by atoms with E-state index in [0.717, 1.165) is 23.9 Å². The third-order valence-electron chi connectivity index (χ3n) is 3.72. The van der Waals surface area contributed by atoms with Gasteiger partial charge in [0.1, 0.15) is 5.60 Å². The van der Waals surface area contributed by atoms with Crippen molar-refractivity contribution in [1.82, 2.24) is 9.88 Å². The number of nitrogens with one attached hydrogen (secondary N) is 1. The summed E-state index contributed by atoms with van der Waals surface area (Å²) in [4.78, 5) is 11.9. The molecule has 0 spiro atoms. The van der Waals surface area contributed by atoms with Crippen molar-refractivity contribution in [2.24, 2.45) is 0 Å². The van der Waals surface area contributed by atoms with E-state index in [1.165, 1.54) is 0 Å². The first-order valence-electron chi connectivity index (χ1n) is 8.10. The number of hydrogen-bond donors (Lipinski definition) is 1. The van der Waals surface area contributed by atoms with E-state index in [1.54, 1.807) is 0 Å². The van der Waals surface area contributed by atoms with Gasteiger partial charge in [0.15, 0.2) is 0 Å². The van der Waals surface area contributed by atoms with E-state index in [0.29, 0.717) is 5.56 Å². The predicted octanol–water partition coefficient (Wildman–Crippen LogP) is 4.21. The normalized spacial score (nSPS) is 12.0. The minimum absolute atomic E-state index is 0.383. The minimum Gasteiger partial charge on any atom is -0.444 e. The maximum absolute atomic E-state index is 11.9. The van der Waals surface area contributed by atoms with Crippen molar-refractivity contribution in [3.8, 4) is 6.07 Å². The number of fused-ring (bicyclic) bond motifs is 1. The Balaban J connectivity index is 2.02. The van der Waals surface area contributed by atoms with Crippen molar-refractivity contribution >= 4 is 17.0 Å². The van der Waals surface area contributed by atoms with Crippen molar-refractivity contribution in [3.05, 3.63) is 36.0 Å². The molecule has 128 valence electrons. The van der Waals surface area contributed by atoms with Crippen LogP contribution in [0.5, 0.6) is 0 Å². The number of nitriles is 1. The second kappa shape index (κ2) is 6.56. The van der Waals surface area contributed by atoms with Crippen molar-refractivity contribution in [1.29, 1.82) is 5.26 Å². The summed E-state index contributed by atoms with van der Waals surface area (Å²) < 4.78 is 7.45. The average Bonchev–Trinajstić information content (AvgIpc) is 2.84. The van der Waals surface area contributed by atoms with Crippen molar-refractivity contribution in [3.63, 3.8) is 0 Å². The van der Waals surface area contributed by atoms with Crippen molar-refractivity contribution in [2.45, 2.75) is 58.7 Å². The first kappa shape index (κ1) is 17.9. The summed E-state index contributed by atoms with van der Waals surface area (Å²) in [6.45, 7) is 10.3. The molecular formula is C19H25N3O2. The summed E-state index contributed by atoms with van der Waals surface area (Å²) in [7, 11) is 0. The number of aromatic nitrogens is 1. The highest BCUT2D eigenvalue weighted by molar-refractivity contribution is 5.81. The summed E-state index contributed by atoms with van der Waals surface area (Å²) in [5, 5.41) is 12.9. The lowest BCUT2D eigenvalue weighted by Gasteiger charge is -2.29. The lowest BCUT2D eigenvalue weighted by atomic mass is 10.0. The van der Waals surface area contributed by atoms with Gasteiger partial charge in [-0.15, -0.1) is 0 Å². The average molecular weight is 327 g/mol. The number of benzene rings is 1. The van der Waals surface area contributed by atoms with Crippen LogP contribution in [0.25, 0.3) is 10.9 Å². The van der Waals surface area contributed by atoms with Crippen LogP contribution in [0, 0.1) is 11.3 Å². The van der Waals surface area contributed by atoms with E-state index in [9.17, 15) is 4.79 Å². The zero-order valence-corrected chi connectivity index (χ0v) is 15.0. The van der Waals surface area contributed by atoms with Gasteiger partial charge in [-0.2, -0.15) is 5.26 Å². The van der Waals surface area contributed by atoms with E-state index in [-0.39, 0.29) is 5.54 Å². The Morgan fingerprint density at radius 2 is 1.96 bits per heavy atom. The van der Waals surface area contributed by atoms with E-state index >= 15 is 0 Å². The molecule has 0 saturated heterocycles. The van der Waals surface area contributed by atoms with Gasteiger partial charge in [-0.05, 0) is 65.3 Å². The monoisotopic (exact) mass is 327 g/mol. The number of amides is 1. The molecule has 0 bridgehead atoms. The topological polar surface area (TPSA) is 67.0 Å². The van der Waals surface area contributed by atoms with Crippen LogP contribution in [0.2, 0.25) is 0 Å². The van der Waals surface area contributed by atoms with E-state index < -0.39 is 11.7 Å². The Morgan fingerprint density at radius 1 is 1.25 bits per heavy atom. The molecule has 1 amide bonds. The lowest BCUT2D eigenvalue weighted by Crippen LogP contribution is -2.46. The van der Waals surface area contributed by atoms with Crippen LogP contribution in [-0.2, 0) is 11.3 Å². The first-order chi connectivity index (χ1) is 11.1. The molecule has 0 aliphatic carbocycles. The van der Waals surface area contributed by atoms with Gasteiger partial charge in [0.25, 0.3) is 0 Å². The van der Waals surface area contributed by atoms with Gasteiger partial charge in [0.2, 0.25) is 0 Å². The molecule has 1 heterocycles. The van der Waals surface area contributed by atoms with Crippen LogP contribution >= 0.6 is 0 Å². The van der Waals surface area contributed by atoms with Gasteiger partial charge >= 0.3 is 6.09 Å². The van der Waals surface area contributed by atoms with Crippen molar-refractivity contribution in [2.75, 3.05) is 0 Å². The zero-order chi connectivity index (χ0) is 18.0. The standard InChI is InChI=1S/C19H25N3O2/c1-18(2,3)24-17(23)21-19(4,5)9-11-22-10-8-15-12-14(13-20)6-7-16(15)22/h6-8,10,12H,9,11H2,1-5H3,(H,21,23). The molecule has 1 N–H and O–H groups in total. The van der Waals surface area contributed by atoms with E-state index in [4.69, 9.17) is 10.00 Å². The molecule has 0 aliphatic heterocycles. The van der Waals surface area contributed by atoms with Crippen LogP contribution in [0.15, 0.2) is 30.5 Å². The fourth-order valence-electron chi connectivity index (χ4n) is 2.51. The molecule has 5 nitrogen and oxygen atoms in total. The Bertz CT molecular complexity index is 776. The Morgan fingerprint density at radius 3 is 2.58 bits per heavy atom. The molecule has 2 rings (SSSR count). The second-order valence-electron chi connectivity index (χ2n) is 7.66. The van der Waals surface area contributed by atoms with Gasteiger partial charge in [-0.25, -0.2) is 4.79 Å². The zero-order valence-electron chi connectivity index (χ0n) is 15.0. The smallest absolute Gasteiger partial charge is 0.408 e. The third-order valence-corrected chi connectivity index (χ3v) is 3.72. The maximum atomic E-state index is 11.9. The fraction of sp³-hybridized carbons (Fsp3) is 0.474. The molecule has 2 aromatic rings. The molecule has 0 aliphatic rings. The van der Waals surface area contributed by atoms with Gasteiger partial charge in [-0.3, -0.25) is 0 Å². The highest BCUT2D eigenvalue weighted by Crippen LogP contribution is 2.20. The van der Waals surface area contributed by atoms with Crippen LogP contribution in [0.4, 0.5) is 4.79 Å². The quantitative estimate of drug-likeness (QED) is 0.915. The molecule has 0 fully saturated rings. The number of alkyl carbamates (subject to hydrolysis) is 1. The molecular weight excluding hydrogens is 302 g/mol. The molecule has 0 saturated carbocycles. The van der Waals surface area contributed by atoms with Crippen LogP contribution in [-0.4, -0.2) is 21.8 Å². The molecule has 24 heavy (non-hydrogen) atoms. The van der Waals surface area contributed by atoms with Gasteiger partial charge in [0, 0.05) is 29.2 Å². The van der Waals surface area contributed by atoms with Gasteiger partial charge in [0.05, 0.1) is 11.6 Å². The number of carbonyl (C=O) groups excluding carboxylic acids is 1. The van der Waals surface area contributed by atoms with Crippen LogP contribution in [0.3, 0.4) is 0 Å². The third kappa shape index (κ3) is 4.76. The molecule has 0 atom stereocenters. The first-order valence-corrected chi connectivity index (χ1v) is 8.10. The number of ether oxygens (including phenoxy) is 1. The number of rotatable bonds is 4. The highest BCUT2D eigenvalue weighted by atomic mass is 16.6. The number of aryl methyl sites for hydroxylation is 1. The largest absolute Gasteiger partial charge is 0.444 e. The second-order valence-corrected chi connectivity index (χ2v) is 7.66. The predicted molar refractivity (Wildman–Crippen MR) is 94.7 cm³/mol. The number of hydrogen-bond acceptors (Lipinski definition) is 3. The summed E-state index contributed by atoms with van der Waals surface area (Å²) in [6.07, 6.45) is 2.37. The summed E-state index contributed by atoms with van der Waals surface area (Å²) >= 11 is 0. The number of nitrogens with zero attached hydrogens (tertiary/aromatic N) is 2. The molecule has 5 heteroatoms. The van der Waals surface area contributed by atoms with E-state index in [1.807, 2.05) is 65.1 Å². The summed E-state index contributed by atoms with van der Waals surface area (Å²) in [5.41, 5.74) is 0.857. The molecule has 0 radical (unpaired) electrons. The van der Waals surface area contributed by atoms with Crippen molar-refractivity contribution < 1.29 is 9.53 Å². The maximum Gasteiger partial charge on any atom is 0.408 e. The molecule has 0 unspecified atom stereocenters. The fourth-order valence-corrected chi connectivity index (χ4v) is 2.51. The highest BCUT2D eigenvalue weighted by Gasteiger charge is 2.24. The van der Waals surface area contributed by atoms with Crippen LogP contribution < -0.4 is 5.32 Å². The van der Waals surface area contributed by atoms with Gasteiger partial charge in [-0.1, -0.05) is 0 Å². The Labute approximate surface area is 143 Å². The SMILES string of the molecule is CC(C)(CCn1ccc2cc(C#N)ccc21)NC(=O)OC(C)(C)C. The summed E-state index contributed by atoms with van der Waals surface area (Å²) in [6, 6.07) is 9.83. The minimum atomic E-state index is -0.505. The summed E-state index contributed by atoms with van der Waals surface area (Å²) in [5.74, 6) is 0. The Kier molecular flexibility index (Phi) is 4.88. The molecule has 1 aromatic carbocycles. The number of carbonyl (C=O) groups is 1. The van der Waals surface area contributed by atoms with Gasteiger partial charge < -0.3 is 14.6 Å². The molecule has 1 aromatic heterocycles. The lowest BCUT2D eigenvalue weighted by molar-refractivity contribution is 0.0466. The Hall–Kier alpha value is -2.48. The van der Waals surface area contributed by atoms with Crippen LogP contribution in [0.1, 0.15) is 46.6 Å².